The fourth-order valence-corrected chi connectivity index (χ4v) is 4.42. The molecule has 1 saturated heterocycles. The lowest BCUT2D eigenvalue weighted by Gasteiger charge is -2.39. The van der Waals surface area contributed by atoms with E-state index in [1.807, 2.05) is 24.0 Å². The lowest BCUT2D eigenvalue weighted by molar-refractivity contribution is -0.0898. The molecule has 3 heterocycles. The van der Waals surface area contributed by atoms with Gasteiger partial charge >= 0.3 is 0 Å². The average molecular weight is 348 g/mol. The molecule has 1 saturated carbocycles. The van der Waals surface area contributed by atoms with Gasteiger partial charge in [0.05, 0.1) is 32.5 Å². The van der Waals surface area contributed by atoms with Crippen LogP contribution in [0.15, 0.2) is 24.0 Å². The fourth-order valence-electron chi connectivity index (χ4n) is 3.86. The summed E-state index contributed by atoms with van der Waals surface area (Å²) < 4.78 is 14.1. The summed E-state index contributed by atoms with van der Waals surface area (Å²) in [6, 6.07) is 0.490. The number of hydrogen-bond acceptors (Lipinski definition) is 6. The predicted octanol–water partition coefficient (Wildman–Crippen LogP) is 2.07. The number of morpholine rings is 1. The van der Waals surface area contributed by atoms with Gasteiger partial charge in [-0.2, -0.15) is 0 Å². The SMILES string of the molecule is Cn1ccnc1CN1CCO[C@@H]2[C@@H](COCc3nccs3)CC[C@@H]21. The lowest BCUT2D eigenvalue weighted by atomic mass is 10.0. The van der Waals surface area contributed by atoms with Crippen molar-refractivity contribution < 1.29 is 9.47 Å². The number of fused-ring (bicyclic) bond motifs is 1. The molecule has 24 heavy (non-hydrogen) atoms. The van der Waals surface area contributed by atoms with Crippen LogP contribution in [0.25, 0.3) is 0 Å². The van der Waals surface area contributed by atoms with Crippen LogP contribution < -0.4 is 0 Å². The second kappa shape index (κ2) is 7.31. The van der Waals surface area contributed by atoms with Gasteiger partial charge in [0.2, 0.25) is 0 Å². The molecule has 0 bridgehead atoms. The molecule has 0 N–H and O–H groups in total. The third-order valence-electron chi connectivity index (χ3n) is 5.14. The molecule has 1 aliphatic carbocycles. The maximum atomic E-state index is 6.12. The highest BCUT2D eigenvalue weighted by Crippen LogP contribution is 2.35. The van der Waals surface area contributed by atoms with E-state index < -0.39 is 0 Å². The molecule has 2 fully saturated rings. The highest BCUT2D eigenvalue weighted by atomic mass is 32.1. The quantitative estimate of drug-likeness (QED) is 0.800. The van der Waals surface area contributed by atoms with Crippen LogP contribution in [0.1, 0.15) is 23.7 Å². The van der Waals surface area contributed by atoms with Gasteiger partial charge in [0, 0.05) is 49.5 Å². The zero-order valence-electron chi connectivity index (χ0n) is 14.0. The normalized spacial score (nSPS) is 27.5. The molecular weight excluding hydrogens is 324 g/mol. The molecule has 2 aromatic rings. The Kier molecular flexibility index (Phi) is 4.93. The molecule has 130 valence electrons. The fraction of sp³-hybridized carbons (Fsp3) is 0.647. The Bertz CT molecular complexity index is 645. The second-order valence-corrected chi connectivity index (χ2v) is 7.59. The molecule has 6 nitrogen and oxygen atoms in total. The molecule has 0 unspecified atom stereocenters. The van der Waals surface area contributed by atoms with E-state index in [0.717, 1.165) is 37.1 Å². The van der Waals surface area contributed by atoms with Crippen molar-refractivity contribution in [2.24, 2.45) is 13.0 Å². The first kappa shape index (κ1) is 16.2. The first-order chi connectivity index (χ1) is 11.8. The van der Waals surface area contributed by atoms with Gasteiger partial charge in [0.15, 0.2) is 0 Å². The van der Waals surface area contributed by atoms with Crippen LogP contribution in [-0.2, 0) is 29.7 Å². The maximum absolute atomic E-state index is 6.12. The van der Waals surface area contributed by atoms with Gasteiger partial charge < -0.3 is 14.0 Å². The summed E-state index contributed by atoms with van der Waals surface area (Å²) in [6.07, 6.45) is 8.35. The standard InChI is InChI=1S/C17H24N4O2S/c1-20-6-4-18-15(20)10-21-7-8-23-17-13(2-3-14(17)21)11-22-12-16-19-5-9-24-16/h4-6,9,13-14,17H,2-3,7-8,10-12H2,1H3/t13-,14+,17-/m1/s1. The average Bonchev–Trinajstić information content (AvgIpc) is 3.31. The molecule has 0 spiro atoms. The number of aromatic nitrogens is 3. The number of hydrogen-bond donors (Lipinski definition) is 0. The van der Waals surface area contributed by atoms with E-state index in [1.54, 1.807) is 11.3 Å². The molecule has 2 aliphatic rings. The van der Waals surface area contributed by atoms with Gasteiger partial charge in [0.1, 0.15) is 10.8 Å². The third-order valence-corrected chi connectivity index (χ3v) is 5.89. The van der Waals surface area contributed by atoms with E-state index in [2.05, 4.69) is 26.5 Å². The van der Waals surface area contributed by atoms with Crippen molar-refractivity contribution >= 4 is 11.3 Å². The Morgan fingerprint density at radius 1 is 1.33 bits per heavy atom. The van der Waals surface area contributed by atoms with E-state index in [-0.39, 0.29) is 6.10 Å². The van der Waals surface area contributed by atoms with Crippen LogP contribution in [0.3, 0.4) is 0 Å². The van der Waals surface area contributed by atoms with E-state index in [9.17, 15) is 0 Å². The highest BCUT2D eigenvalue weighted by Gasteiger charge is 2.42. The number of rotatable bonds is 6. The minimum atomic E-state index is 0.287. The molecular formula is C17H24N4O2S. The zero-order valence-corrected chi connectivity index (χ0v) is 14.8. The molecule has 1 aliphatic heterocycles. The number of imidazole rings is 1. The van der Waals surface area contributed by atoms with Crippen molar-refractivity contribution in [3.63, 3.8) is 0 Å². The van der Waals surface area contributed by atoms with Gasteiger partial charge in [-0.05, 0) is 12.8 Å². The van der Waals surface area contributed by atoms with Crippen LogP contribution in [0.2, 0.25) is 0 Å². The topological polar surface area (TPSA) is 52.4 Å². The summed E-state index contributed by atoms with van der Waals surface area (Å²) in [4.78, 5) is 11.3. The minimum Gasteiger partial charge on any atom is -0.375 e. The Balaban J connectivity index is 1.33. The highest BCUT2D eigenvalue weighted by molar-refractivity contribution is 7.09. The van der Waals surface area contributed by atoms with Gasteiger partial charge in [-0.15, -0.1) is 11.3 Å². The summed E-state index contributed by atoms with van der Waals surface area (Å²) in [6.45, 7) is 4.07. The Morgan fingerprint density at radius 2 is 2.29 bits per heavy atom. The number of aryl methyl sites for hydroxylation is 1. The van der Waals surface area contributed by atoms with Crippen LogP contribution in [-0.4, -0.2) is 51.3 Å². The van der Waals surface area contributed by atoms with Crippen LogP contribution in [0, 0.1) is 5.92 Å². The first-order valence-electron chi connectivity index (χ1n) is 8.59. The molecule has 3 atom stereocenters. The first-order valence-corrected chi connectivity index (χ1v) is 9.47. The van der Waals surface area contributed by atoms with E-state index in [0.29, 0.717) is 18.6 Å². The van der Waals surface area contributed by atoms with Gasteiger partial charge in [0.25, 0.3) is 0 Å². The van der Waals surface area contributed by atoms with E-state index in [4.69, 9.17) is 9.47 Å². The third kappa shape index (κ3) is 3.39. The van der Waals surface area contributed by atoms with Crippen LogP contribution in [0.4, 0.5) is 0 Å². The summed E-state index contributed by atoms with van der Waals surface area (Å²) in [5.41, 5.74) is 0. The zero-order chi connectivity index (χ0) is 16.4. The summed E-state index contributed by atoms with van der Waals surface area (Å²) in [7, 11) is 2.06. The Hall–Kier alpha value is -1.28. The molecule has 2 aromatic heterocycles. The minimum absolute atomic E-state index is 0.287. The lowest BCUT2D eigenvalue weighted by Crippen LogP contribution is -2.50. The van der Waals surface area contributed by atoms with Crippen molar-refractivity contribution in [2.75, 3.05) is 19.8 Å². The van der Waals surface area contributed by atoms with Gasteiger partial charge in [-0.1, -0.05) is 0 Å². The molecule has 4 rings (SSSR count). The Morgan fingerprint density at radius 3 is 3.08 bits per heavy atom. The van der Waals surface area contributed by atoms with Crippen molar-refractivity contribution in [2.45, 2.75) is 38.1 Å². The molecule has 7 heteroatoms. The van der Waals surface area contributed by atoms with Crippen molar-refractivity contribution in [3.8, 4) is 0 Å². The van der Waals surface area contributed by atoms with E-state index >= 15 is 0 Å². The van der Waals surface area contributed by atoms with Gasteiger partial charge in [-0.25, -0.2) is 9.97 Å². The van der Waals surface area contributed by atoms with Crippen LogP contribution >= 0.6 is 11.3 Å². The summed E-state index contributed by atoms with van der Waals surface area (Å²) in [5.74, 6) is 1.61. The van der Waals surface area contributed by atoms with Gasteiger partial charge in [-0.3, -0.25) is 4.90 Å². The molecule has 0 aromatic carbocycles. The number of thiazole rings is 1. The maximum Gasteiger partial charge on any atom is 0.122 e. The predicted molar refractivity (Wildman–Crippen MR) is 91.6 cm³/mol. The largest absolute Gasteiger partial charge is 0.375 e. The second-order valence-electron chi connectivity index (χ2n) is 6.61. The summed E-state index contributed by atoms with van der Waals surface area (Å²) >= 11 is 1.65. The molecule has 0 radical (unpaired) electrons. The molecule has 0 amide bonds. The summed E-state index contributed by atoms with van der Waals surface area (Å²) in [5, 5.41) is 3.04. The van der Waals surface area contributed by atoms with Crippen molar-refractivity contribution in [1.82, 2.24) is 19.4 Å². The van der Waals surface area contributed by atoms with Crippen molar-refractivity contribution in [1.29, 1.82) is 0 Å². The number of nitrogens with zero attached hydrogens (tertiary/aromatic N) is 4. The monoisotopic (exact) mass is 348 g/mol. The number of ether oxygens (including phenoxy) is 2. The smallest absolute Gasteiger partial charge is 0.122 e. The van der Waals surface area contributed by atoms with Crippen molar-refractivity contribution in [3.05, 3.63) is 34.8 Å². The Labute approximate surface area is 146 Å². The van der Waals surface area contributed by atoms with E-state index in [1.165, 1.54) is 12.8 Å². The van der Waals surface area contributed by atoms with Crippen LogP contribution in [0.5, 0.6) is 0 Å².